The van der Waals surface area contributed by atoms with E-state index in [-0.39, 0.29) is 0 Å². The van der Waals surface area contributed by atoms with Gasteiger partial charge in [0.15, 0.2) is 12.1 Å². The fraction of sp³-hybridized carbons (Fsp3) is 0.571. The second kappa shape index (κ2) is 2.58. The third-order valence-corrected chi connectivity index (χ3v) is 1.89. The van der Waals surface area contributed by atoms with Crippen molar-refractivity contribution in [1.29, 1.82) is 0 Å². The molecule has 1 fully saturated rings. The maximum absolute atomic E-state index is 10.5. The molecule has 0 saturated heterocycles. The predicted molar refractivity (Wildman–Crippen MR) is 40.2 cm³/mol. The Kier molecular flexibility index (Phi) is 1.56. The van der Waals surface area contributed by atoms with Crippen molar-refractivity contribution < 1.29 is 9.53 Å². The van der Waals surface area contributed by atoms with Crippen LogP contribution in [0.5, 0.6) is 6.01 Å². The number of ether oxygens (including phenoxy) is 1. The maximum atomic E-state index is 10.5. The quantitative estimate of drug-likeness (QED) is 0.613. The van der Waals surface area contributed by atoms with Crippen LogP contribution < -0.4 is 4.74 Å². The minimum Gasteiger partial charge on any atom is -0.467 e. The van der Waals surface area contributed by atoms with Crippen LogP contribution in [0.2, 0.25) is 0 Å². The zero-order valence-corrected chi connectivity index (χ0v) is 6.73. The van der Waals surface area contributed by atoms with Gasteiger partial charge in [0.05, 0.1) is 7.11 Å². The fourth-order valence-electron chi connectivity index (χ4n) is 1.18. The van der Waals surface area contributed by atoms with E-state index in [2.05, 4.69) is 10.2 Å². The molecule has 64 valence electrons. The van der Waals surface area contributed by atoms with Crippen molar-refractivity contribution in [1.82, 2.24) is 14.8 Å². The van der Waals surface area contributed by atoms with Crippen molar-refractivity contribution in [3.05, 3.63) is 5.82 Å². The average Bonchev–Trinajstić information content (AvgIpc) is 2.85. The molecule has 12 heavy (non-hydrogen) atoms. The van der Waals surface area contributed by atoms with Crippen LogP contribution in [0.1, 0.15) is 29.5 Å². The number of methoxy groups -OCH3 is 1. The van der Waals surface area contributed by atoms with Crippen LogP contribution in [0.15, 0.2) is 0 Å². The molecule has 1 aromatic rings. The van der Waals surface area contributed by atoms with Crippen molar-refractivity contribution >= 4 is 6.29 Å². The van der Waals surface area contributed by atoms with Crippen LogP contribution in [0.4, 0.5) is 0 Å². The number of aromatic nitrogens is 3. The molecule has 0 N–H and O–H groups in total. The molecule has 1 aliphatic carbocycles. The Morgan fingerprint density at radius 1 is 1.58 bits per heavy atom. The maximum Gasteiger partial charge on any atom is 0.317 e. The summed E-state index contributed by atoms with van der Waals surface area (Å²) in [4.78, 5) is 10.5. The normalized spacial score (nSPS) is 16.1. The Morgan fingerprint density at radius 2 is 2.33 bits per heavy atom. The van der Waals surface area contributed by atoms with E-state index in [1.807, 2.05) is 0 Å². The smallest absolute Gasteiger partial charge is 0.317 e. The van der Waals surface area contributed by atoms with Gasteiger partial charge in [0.1, 0.15) is 0 Å². The highest BCUT2D eigenvalue weighted by Crippen LogP contribution is 2.37. The molecule has 0 radical (unpaired) electrons. The lowest BCUT2D eigenvalue weighted by molar-refractivity contribution is 0.111. The molecule has 0 aromatic carbocycles. The number of hydrogen-bond acceptors (Lipinski definition) is 4. The number of aldehydes is 1. The molecule has 0 bridgehead atoms. The van der Waals surface area contributed by atoms with Gasteiger partial charge in [-0.25, -0.2) is 0 Å². The van der Waals surface area contributed by atoms with Crippen LogP contribution in [0.25, 0.3) is 0 Å². The molecule has 0 amide bonds. The molecule has 0 aliphatic heterocycles. The Bertz CT molecular complexity index is 304. The Hall–Kier alpha value is -1.39. The summed E-state index contributed by atoms with van der Waals surface area (Å²) in [5.74, 6) is 0.356. The first-order chi connectivity index (χ1) is 5.86. The third kappa shape index (κ3) is 0.975. The summed E-state index contributed by atoms with van der Waals surface area (Å²) < 4.78 is 6.70. The summed E-state index contributed by atoms with van der Waals surface area (Å²) in [6.07, 6.45) is 2.86. The summed E-state index contributed by atoms with van der Waals surface area (Å²) in [5, 5.41) is 7.41. The highest BCUT2D eigenvalue weighted by Gasteiger charge is 2.29. The van der Waals surface area contributed by atoms with Gasteiger partial charge in [0.2, 0.25) is 0 Å². The lowest BCUT2D eigenvalue weighted by atomic mass is 10.6. The van der Waals surface area contributed by atoms with Crippen LogP contribution in [0, 0.1) is 0 Å². The first-order valence-corrected chi connectivity index (χ1v) is 3.81. The number of carbonyl (C=O) groups is 1. The molecule has 1 saturated carbocycles. The molecular weight excluding hydrogens is 158 g/mol. The average molecular weight is 167 g/mol. The molecular formula is C7H9N3O2. The van der Waals surface area contributed by atoms with E-state index < -0.39 is 0 Å². The molecule has 2 rings (SSSR count). The van der Waals surface area contributed by atoms with Crippen molar-refractivity contribution in [3.8, 4) is 6.01 Å². The van der Waals surface area contributed by atoms with Gasteiger partial charge in [0.25, 0.3) is 0 Å². The van der Waals surface area contributed by atoms with Crippen LogP contribution in [0.3, 0.4) is 0 Å². The highest BCUT2D eigenvalue weighted by molar-refractivity contribution is 5.69. The third-order valence-electron chi connectivity index (χ3n) is 1.89. The minimum absolute atomic E-state index is 0.356. The van der Waals surface area contributed by atoms with Gasteiger partial charge in [-0.2, -0.15) is 0 Å². The first-order valence-electron chi connectivity index (χ1n) is 3.81. The van der Waals surface area contributed by atoms with Crippen LogP contribution in [-0.2, 0) is 0 Å². The molecule has 5 heteroatoms. The van der Waals surface area contributed by atoms with E-state index in [4.69, 9.17) is 4.74 Å². The molecule has 0 atom stereocenters. The first kappa shape index (κ1) is 7.27. The van der Waals surface area contributed by atoms with Crippen LogP contribution in [-0.4, -0.2) is 28.2 Å². The molecule has 1 heterocycles. The summed E-state index contributed by atoms with van der Waals surface area (Å²) in [6.45, 7) is 0. The van der Waals surface area contributed by atoms with Crippen molar-refractivity contribution in [2.45, 2.75) is 18.9 Å². The van der Waals surface area contributed by atoms with E-state index in [9.17, 15) is 4.79 Å². The molecule has 5 nitrogen and oxygen atoms in total. The van der Waals surface area contributed by atoms with Gasteiger partial charge in [-0.1, -0.05) is 5.10 Å². The lowest BCUT2D eigenvalue weighted by Gasteiger charge is -2.02. The molecule has 0 spiro atoms. The summed E-state index contributed by atoms with van der Waals surface area (Å²) in [7, 11) is 1.53. The summed E-state index contributed by atoms with van der Waals surface area (Å²) in [5.41, 5.74) is 0. The zero-order chi connectivity index (χ0) is 8.55. The minimum atomic E-state index is 0.356. The number of nitrogens with zero attached hydrogens (tertiary/aromatic N) is 3. The van der Waals surface area contributed by atoms with Gasteiger partial charge in [0, 0.05) is 6.04 Å². The molecule has 1 aliphatic rings. The van der Waals surface area contributed by atoms with E-state index in [0.717, 1.165) is 12.8 Å². The van der Waals surface area contributed by atoms with Gasteiger partial charge in [-0.05, 0) is 12.8 Å². The lowest BCUT2D eigenvalue weighted by Crippen LogP contribution is -2.02. The molecule has 1 aromatic heterocycles. The number of hydrogen-bond donors (Lipinski definition) is 0. The summed E-state index contributed by atoms with van der Waals surface area (Å²) >= 11 is 0. The van der Waals surface area contributed by atoms with Crippen molar-refractivity contribution in [2.24, 2.45) is 0 Å². The van der Waals surface area contributed by atoms with Gasteiger partial charge in [-0.3, -0.25) is 9.36 Å². The zero-order valence-electron chi connectivity index (χ0n) is 6.73. The van der Waals surface area contributed by atoms with Crippen molar-refractivity contribution in [2.75, 3.05) is 7.11 Å². The SMILES string of the molecule is COc1nnc(C=O)n1C1CC1. The van der Waals surface area contributed by atoms with Gasteiger partial charge >= 0.3 is 6.01 Å². The topological polar surface area (TPSA) is 57.0 Å². The van der Waals surface area contributed by atoms with Crippen LogP contribution >= 0.6 is 0 Å². The van der Waals surface area contributed by atoms with Gasteiger partial charge in [-0.15, -0.1) is 5.10 Å². The summed E-state index contributed by atoms with van der Waals surface area (Å²) in [6, 6.07) is 0.801. The van der Waals surface area contributed by atoms with E-state index >= 15 is 0 Å². The monoisotopic (exact) mass is 167 g/mol. The largest absolute Gasteiger partial charge is 0.467 e. The number of carbonyl (C=O) groups excluding carboxylic acids is 1. The fourth-order valence-corrected chi connectivity index (χ4v) is 1.18. The second-order valence-corrected chi connectivity index (χ2v) is 2.76. The highest BCUT2D eigenvalue weighted by atomic mass is 16.5. The standard InChI is InChI=1S/C7H9N3O2/c1-12-7-9-8-6(4-11)10(7)5-2-3-5/h4-5H,2-3H2,1H3. The Morgan fingerprint density at radius 3 is 2.83 bits per heavy atom. The Labute approximate surface area is 69.4 Å². The van der Waals surface area contributed by atoms with E-state index in [1.165, 1.54) is 7.11 Å². The van der Waals surface area contributed by atoms with E-state index in [1.54, 1.807) is 4.57 Å². The molecule has 0 unspecified atom stereocenters. The van der Waals surface area contributed by atoms with Crippen molar-refractivity contribution in [3.63, 3.8) is 0 Å². The van der Waals surface area contributed by atoms with Gasteiger partial charge < -0.3 is 4.74 Å². The Balaban J connectivity index is 2.42. The second-order valence-electron chi connectivity index (χ2n) is 2.76. The predicted octanol–water partition coefficient (Wildman–Crippen LogP) is 0.434. The number of rotatable bonds is 3. The van der Waals surface area contributed by atoms with E-state index in [0.29, 0.717) is 24.2 Å².